The van der Waals surface area contributed by atoms with Gasteiger partial charge in [0.1, 0.15) is 0 Å². The predicted molar refractivity (Wildman–Crippen MR) is 66.4 cm³/mol. The van der Waals surface area contributed by atoms with Gasteiger partial charge >= 0.3 is 0 Å². The zero-order valence-corrected chi connectivity index (χ0v) is 9.51. The summed E-state index contributed by atoms with van der Waals surface area (Å²) in [7, 11) is 0. The third-order valence-electron chi connectivity index (χ3n) is 2.54. The van der Waals surface area contributed by atoms with Crippen LogP contribution in [0.25, 0.3) is 0 Å². The van der Waals surface area contributed by atoms with Gasteiger partial charge < -0.3 is 5.11 Å². The second-order valence-electron chi connectivity index (χ2n) is 3.67. The molecule has 0 aliphatic rings. The molecule has 82 valence electrons. The molecule has 2 unspecified atom stereocenters. The van der Waals surface area contributed by atoms with Crippen molar-refractivity contribution in [3.05, 3.63) is 71.8 Å². The molecule has 0 spiro atoms. The average Bonchev–Trinajstić information content (AvgIpc) is 2.39. The van der Waals surface area contributed by atoms with Crippen LogP contribution in [0.4, 0.5) is 0 Å². The molecular weight excluding hydrogens is 220 g/mol. The highest BCUT2D eigenvalue weighted by molar-refractivity contribution is 6.21. The predicted octanol–water partition coefficient (Wildman–Crippen LogP) is 3.70. The fourth-order valence-electron chi connectivity index (χ4n) is 1.64. The van der Waals surface area contributed by atoms with Crippen LogP contribution in [0.1, 0.15) is 22.6 Å². The van der Waals surface area contributed by atoms with Gasteiger partial charge in [0, 0.05) is 0 Å². The first kappa shape index (κ1) is 11.2. The fourth-order valence-corrected chi connectivity index (χ4v) is 1.93. The number of alkyl halides is 1. The van der Waals surface area contributed by atoms with E-state index in [2.05, 4.69) is 0 Å². The van der Waals surface area contributed by atoms with Crippen LogP contribution in [-0.2, 0) is 0 Å². The number of aliphatic hydroxyl groups is 1. The van der Waals surface area contributed by atoms with Crippen LogP contribution < -0.4 is 0 Å². The van der Waals surface area contributed by atoms with Crippen LogP contribution in [-0.4, -0.2) is 5.11 Å². The minimum absolute atomic E-state index is 0.413. The summed E-state index contributed by atoms with van der Waals surface area (Å²) in [5.74, 6) is 0. The van der Waals surface area contributed by atoms with Crippen molar-refractivity contribution in [3.8, 4) is 0 Å². The number of halogens is 1. The Morgan fingerprint density at radius 3 is 1.69 bits per heavy atom. The quantitative estimate of drug-likeness (QED) is 0.800. The first-order chi connectivity index (χ1) is 7.79. The topological polar surface area (TPSA) is 20.2 Å². The van der Waals surface area contributed by atoms with Gasteiger partial charge in [-0.05, 0) is 11.1 Å². The van der Waals surface area contributed by atoms with Crippen LogP contribution in [0.5, 0.6) is 0 Å². The molecule has 2 heteroatoms. The van der Waals surface area contributed by atoms with Gasteiger partial charge in [-0.3, -0.25) is 0 Å². The van der Waals surface area contributed by atoms with Crippen LogP contribution in [0.2, 0.25) is 0 Å². The smallest absolute Gasteiger partial charge is 0.0994 e. The lowest BCUT2D eigenvalue weighted by molar-refractivity contribution is 0.172. The Hall–Kier alpha value is -1.31. The van der Waals surface area contributed by atoms with Crippen LogP contribution in [0.3, 0.4) is 0 Å². The monoisotopic (exact) mass is 232 g/mol. The number of aliphatic hydroxyl groups excluding tert-OH is 1. The molecule has 0 amide bonds. The maximum atomic E-state index is 10.1. The molecule has 2 aromatic rings. The number of hydrogen-bond acceptors (Lipinski definition) is 1. The van der Waals surface area contributed by atoms with Crippen molar-refractivity contribution in [2.24, 2.45) is 0 Å². The highest BCUT2D eigenvalue weighted by Crippen LogP contribution is 2.33. The first-order valence-electron chi connectivity index (χ1n) is 5.21. The standard InChI is InChI=1S/C14H13ClO/c15-13(11-7-3-1-4-8-11)14(16)12-9-5-2-6-10-12/h1-10,13-14,16H. The fraction of sp³-hybridized carbons (Fsp3) is 0.143. The molecule has 0 aliphatic heterocycles. The number of rotatable bonds is 3. The molecule has 1 N–H and O–H groups in total. The van der Waals surface area contributed by atoms with Crippen molar-refractivity contribution in [1.29, 1.82) is 0 Å². The Morgan fingerprint density at radius 2 is 1.19 bits per heavy atom. The Kier molecular flexibility index (Phi) is 3.60. The Labute approximate surface area is 100 Å². The molecule has 0 aliphatic carbocycles. The van der Waals surface area contributed by atoms with E-state index in [-0.39, 0.29) is 0 Å². The number of hydrogen-bond donors (Lipinski definition) is 1. The zero-order valence-electron chi connectivity index (χ0n) is 8.75. The lowest BCUT2D eigenvalue weighted by atomic mass is 10.0. The molecule has 2 atom stereocenters. The molecule has 2 rings (SSSR count). The van der Waals surface area contributed by atoms with E-state index >= 15 is 0 Å². The van der Waals surface area contributed by atoms with E-state index in [9.17, 15) is 5.11 Å². The normalized spacial score (nSPS) is 14.4. The summed E-state index contributed by atoms with van der Waals surface area (Å²) in [6.45, 7) is 0. The minimum Gasteiger partial charge on any atom is -0.387 e. The van der Waals surface area contributed by atoms with Crippen molar-refractivity contribution in [2.45, 2.75) is 11.5 Å². The van der Waals surface area contributed by atoms with Crippen molar-refractivity contribution in [3.63, 3.8) is 0 Å². The molecule has 0 saturated heterocycles. The van der Waals surface area contributed by atoms with Crippen LogP contribution in [0.15, 0.2) is 60.7 Å². The molecule has 2 aromatic carbocycles. The summed E-state index contributed by atoms with van der Waals surface area (Å²) >= 11 is 6.24. The first-order valence-corrected chi connectivity index (χ1v) is 5.64. The van der Waals surface area contributed by atoms with Gasteiger partial charge in [0.2, 0.25) is 0 Å². The van der Waals surface area contributed by atoms with Crippen molar-refractivity contribution >= 4 is 11.6 Å². The lowest BCUT2D eigenvalue weighted by Crippen LogP contribution is -2.05. The molecule has 0 aromatic heterocycles. The van der Waals surface area contributed by atoms with E-state index in [0.29, 0.717) is 0 Å². The van der Waals surface area contributed by atoms with Gasteiger partial charge in [-0.2, -0.15) is 0 Å². The van der Waals surface area contributed by atoms with Gasteiger partial charge in [-0.1, -0.05) is 60.7 Å². The summed E-state index contributed by atoms with van der Waals surface area (Å²) in [6.07, 6.45) is -0.676. The minimum atomic E-state index is -0.676. The SMILES string of the molecule is OC(c1ccccc1)C(Cl)c1ccccc1. The number of benzene rings is 2. The van der Waals surface area contributed by atoms with Gasteiger partial charge in [-0.25, -0.2) is 0 Å². The van der Waals surface area contributed by atoms with E-state index in [1.165, 1.54) is 0 Å². The average molecular weight is 233 g/mol. The second-order valence-corrected chi connectivity index (χ2v) is 4.14. The Balaban J connectivity index is 2.20. The van der Waals surface area contributed by atoms with Gasteiger partial charge in [0.25, 0.3) is 0 Å². The third kappa shape index (κ3) is 2.43. The second kappa shape index (κ2) is 5.15. The van der Waals surface area contributed by atoms with Gasteiger partial charge in [-0.15, -0.1) is 11.6 Å². The summed E-state index contributed by atoms with van der Waals surface area (Å²) in [4.78, 5) is 0. The Morgan fingerprint density at radius 1 is 0.750 bits per heavy atom. The largest absolute Gasteiger partial charge is 0.387 e. The van der Waals surface area contributed by atoms with Crippen LogP contribution in [0, 0.1) is 0 Å². The summed E-state index contributed by atoms with van der Waals surface area (Å²) < 4.78 is 0. The molecule has 0 bridgehead atoms. The molecule has 0 saturated carbocycles. The van der Waals surface area contributed by atoms with E-state index in [1.807, 2.05) is 60.7 Å². The maximum Gasteiger partial charge on any atom is 0.0994 e. The van der Waals surface area contributed by atoms with Crippen molar-refractivity contribution < 1.29 is 5.11 Å². The van der Waals surface area contributed by atoms with Crippen LogP contribution >= 0.6 is 11.6 Å². The van der Waals surface area contributed by atoms with E-state index in [4.69, 9.17) is 11.6 Å². The molecule has 0 radical (unpaired) electrons. The van der Waals surface area contributed by atoms with Crippen molar-refractivity contribution in [2.75, 3.05) is 0 Å². The highest BCUT2D eigenvalue weighted by atomic mass is 35.5. The van der Waals surface area contributed by atoms with E-state index < -0.39 is 11.5 Å². The molecule has 0 heterocycles. The summed E-state index contributed by atoms with van der Waals surface area (Å²) in [5.41, 5.74) is 1.77. The maximum absolute atomic E-state index is 10.1. The summed E-state index contributed by atoms with van der Waals surface area (Å²) in [5, 5.41) is 9.70. The van der Waals surface area contributed by atoms with E-state index in [0.717, 1.165) is 11.1 Å². The van der Waals surface area contributed by atoms with Gasteiger partial charge in [0.15, 0.2) is 0 Å². The highest BCUT2D eigenvalue weighted by Gasteiger charge is 2.19. The zero-order chi connectivity index (χ0) is 11.4. The summed E-state index contributed by atoms with van der Waals surface area (Å²) in [6, 6.07) is 19.1. The van der Waals surface area contributed by atoms with Crippen molar-refractivity contribution in [1.82, 2.24) is 0 Å². The molecule has 16 heavy (non-hydrogen) atoms. The van der Waals surface area contributed by atoms with E-state index in [1.54, 1.807) is 0 Å². The molecule has 1 nitrogen and oxygen atoms in total. The Bertz CT molecular complexity index is 384. The molecule has 0 fully saturated rings. The molecular formula is C14H13ClO. The van der Waals surface area contributed by atoms with Gasteiger partial charge in [0.05, 0.1) is 11.5 Å². The lowest BCUT2D eigenvalue weighted by Gasteiger charge is -2.17. The third-order valence-corrected chi connectivity index (χ3v) is 3.03.